The van der Waals surface area contributed by atoms with Gasteiger partial charge in [-0.1, -0.05) is 89.8 Å². The summed E-state index contributed by atoms with van der Waals surface area (Å²) >= 11 is 0. The van der Waals surface area contributed by atoms with Crippen LogP contribution >= 0.6 is 0 Å². The molecule has 0 aromatic heterocycles. The standard InChI is InChI=1S/C20H30O2.C10H14O2.C10H16/c1-5-6-7-15-11-18(21)20(19(22)12-15)17-10-14(4)8-9-16(17)13(2)3;1-2-3-4-8-5-9(11)7-10(12)6-8;1-8(2)10-6-4-9(3)5-7-10/h10-13,16-17,21-22H,5-9H2,1-4H3;5-7,11-12H,2-4H2,1H3;4-6,8,10H,7H2,1-3H3/t16-,17?;;/m0../s1. The largest absolute Gasteiger partial charge is 0.508 e. The van der Waals surface area contributed by atoms with E-state index in [9.17, 15) is 10.2 Å². The summed E-state index contributed by atoms with van der Waals surface area (Å²) in [6.45, 7) is 17.6. The number of unbranched alkanes of at least 4 members (excludes halogenated alkanes) is 2. The van der Waals surface area contributed by atoms with Gasteiger partial charge in [0.1, 0.15) is 23.0 Å². The highest BCUT2D eigenvalue weighted by molar-refractivity contribution is 5.51. The summed E-state index contributed by atoms with van der Waals surface area (Å²) in [5, 5.41) is 39.3. The van der Waals surface area contributed by atoms with Gasteiger partial charge in [-0.3, -0.25) is 0 Å². The maximum atomic E-state index is 10.5. The lowest BCUT2D eigenvalue weighted by Gasteiger charge is -2.33. The highest BCUT2D eigenvalue weighted by Gasteiger charge is 2.31. The molecule has 0 spiro atoms. The van der Waals surface area contributed by atoms with E-state index < -0.39 is 0 Å². The number of aromatic hydroxyl groups is 4. The Kier molecular flexibility index (Phi) is 15.7. The van der Waals surface area contributed by atoms with Crippen molar-refractivity contribution in [2.24, 2.45) is 23.7 Å². The van der Waals surface area contributed by atoms with Crippen LogP contribution in [0.25, 0.3) is 0 Å². The molecule has 2 aromatic rings. The maximum absolute atomic E-state index is 10.5. The minimum atomic E-state index is 0.119. The van der Waals surface area contributed by atoms with Crippen molar-refractivity contribution in [1.29, 1.82) is 0 Å². The van der Waals surface area contributed by atoms with Crippen LogP contribution < -0.4 is 0 Å². The number of hydrogen-bond acceptors (Lipinski definition) is 4. The van der Waals surface area contributed by atoms with Crippen molar-refractivity contribution in [3.8, 4) is 23.0 Å². The van der Waals surface area contributed by atoms with Crippen LogP contribution in [-0.2, 0) is 12.8 Å². The van der Waals surface area contributed by atoms with Crippen LogP contribution in [0.1, 0.15) is 123 Å². The topological polar surface area (TPSA) is 80.9 Å². The first-order valence-electron chi connectivity index (χ1n) is 16.9. The van der Waals surface area contributed by atoms with Gasteiger partial charge in [0.05, 0.1) is 0 Å². The lowest BCUT2D eigenvalue weighted by Crippen LogP contribution is -2.21. The molecule has 2 unspecified atom stereocenters. The van der Waals surface area contributed by atoms with E-state index >= 15 is 0 Å². The monoisotopic (exact) mass is 604 g/mol. The second-order valence-corrected chi connectivity index (χ2v) is 13.5. The Hall–Kier alpha value is -3.14. The zero-order valence-corrected chi connectivity index (χ0v) is 28.7. The Labute approximate surface area is 268 Å². The van der Waals surface area contributed by atoms with E-state index in [1.165, 1.54) is 23.6 Å². The molecule has 4 nitrogen and oxygen atoms in total. The third-order valence-electron chi connectivity index (χ3n) is 8.96. The summed E-state index contributed by atoms with van der Waals surface area (Å²) in [5.41, 5.74) is 5.51. The second-order valence-electron chi connectivity index (χ2n) is 13.5. The summed E-state index contributed by atoms with van der Waals surface area (Å²) in [6, 6.07) is 8.42. The fourth-order valence-electron chi connectivity index (χ4n) is 6.10. The van der Waals surface area contributed by atoms with E-state index in [0.717, 1.165) is 79.9 Å². The molecule has 0 saturated carbocycles. The van der Waals surface area contributed by atoms with Gasteiger partial charge in [-0.25, -0.2) is 0 Å². The highest BCUT2D eigenvalue weighted by atomic mass is 16.3. The molecule has 44 heavy (non-hydrogen) atoms. The van der Waals surface area contributed by atoms with Gasteiger partial charge in [0.25, 0.3) is 0 Å². The Bertz CT molecular complexity index is 1210. The van der Waals surface area contributed by atoms with Crippen LogP contribution in [0.4, 0.5) is 0 Å². The number of phenols is 4. The average molecular weight is 605 g/mol. The Morgan fingerprint density at radius 2 is 1.30 bits per heavy atom. The summed E-state index contributed by atoms with van der Waals surface area (Å²) in [6.07, 6.45) is 18.8. The molecule has 0 aliphatic heterocycles. The predicted octanol–water partition coefficient (Wildman–Crippen LogP) is 11.1. The SMILES string of the molecule is CC1=CCC(C(C)C)C=C1.CCCCc1cc(O)c(C2C=C(C)CC[C@H]2C(C)C)c(O)c1.CCCCc1cc(O)cc(O)c1. The van der Waals surface area contributed by atoms with Gasteiger partial charge in [-0.05, 0) is 118 Å². The number of hydrogen-bond donors (Lipinski definition) is 4. The van der Waals surface area contributed by atoms with E-state index in [1.54, 1.807) is 12.1 Å². The second kappa shape index (κ2) is 18.6. The summed E-state index contributed by atoms with van der Waals surface area (Å²) < 4.78 is 0. The first-order chi connectivity index (χ1) is 20.9. The molecule has 2 aliphatic carbocycles. The van der Waals surface area contributed by atoms with E-state index in [2.05, 4.69) is 79.7 Å². The zero-order valence-electron chi connectivity index (χ0n) is 28.7. The van der Waals surface area contributed by atoms with E-state index in [4.69, 9.17) is 10.2 Å². The molecule has 2 aliphatic rings. The molecule has 4 heteroatoms. The van der Waals surface area contributed by atoms with Crippen molar-refractivity contribution in [3.63, 3.8) is 0 Å². The minimum Gasteiger partial charge on any atom is -0.508 e. The Balaban J connectivity index is 0.000000257. The first kappa shape index (κ1) is 37.0. The fraction of sp³-hybridized carbons (Fsp3) is 0.550. The van der Waals surface area contributed by atoms with Gasteiger partial charge < -0.3 is 20.4 Å². The van der Waals surface area contributed by atoms with Crippen molar-refractivity contribution in [3.05, 3.63) is 82.5 Å². The zero-order chi connectivity index (χ0) is 32.8. The van der Waals surface area contributed by atoms with Crippen LogP contribution in [0.3, 0.4) is 0 Å². The van der Waals surface area contributed by atoms with Crippen molar-refractivity contribution >= 4 is 0 Å². The average Bonchev–Trinajstić information content (AvgIpc) is 2.95. The van der Waals surface area contributed by atoms with Gasteiger partial charge in [-0.2, -0.15) is 0 Å². The van der Waals surface area contributed by atoms with Crippen LogP contribution in [0.5, 0.6) is 23.0 Å². The van der Waals surface area contributed by atoms with Crippen molar-refractivity contribution in [2.75, 3.05) is 0 Å². The Morgan fingerprint density at radius 1 is 0.750 bits per heavy atom. The molecule has 0 radical (unpaired) electrons. The maximum Gasteiger partial charge on any atom is 0.123 e. The summed E-state index contributed by atoms with van der Waals surface area (Å²) in [7, 11) is 0. The van der Waals surface area contributed by atoms with Crippen LogP contribution in [0.2, 0.25) is 0 Å². The highest BCUT2D eigenvalue weighted by Crippen LogP contribution is 2.46. The molecule has 0 bridgehead atoms. The fourth-order valence-corrected chi connectivity index (χ4v) is 6.10. The molecule has 4 rings (SSSR count). The molecule has 0 fully saturated rings. The third-order valence-corrected chi connectivity index (χ3v) is 8.96. The van der Waals surface area contributed by atoms with Crippen LogP contribution in [0, 0.1) is 23.7 Å². The lowest BCUT2D eigenvalue weighted by molar-refractivity contribution is 0.304. The van der Waals surface area contributed by atoms with Crippen molar-refractivity contribution < 1.29 is 20.4 Å². The molecular weight excluding hydrogens is 544 g/mol. The lowest BCUT2D eigenvalue weighted by atomic mass is 9.71. The number of phenolic OH excluding ortho intramolecular Hbond substituents is 4. The van der Waals surface area contributed by atoms with Crippen molar-refractivity contribution in [1.82, 2.24) is 0 Å². The minimum absolute atomic E-state index is 0.119. The normalized spacial score (nSPS) is 19.5. The molecular formula is C40H60O4. The quantitative estimate of drug-likeness (QED) is 0.215. The molecule has 0 amide bonds. The van der Waals surface area contributed by atoms with Gasteiger partial charge >= 0.3 is 0 Å². The first-order valence-corrected chi connectivity index (χ1v) is 16.9. The number of allylic oxidation sites excluding steroid dienone is 6. The van der Waals surface area contributed by atoms with Gasteiger partial charge in [-0.15, -0.1) is 0 Å². The number of rotatable bonds is 9. The summed E-state index contributed by atoms with van der Waals surface area (Å²) in [5.74, 6) is 3.50. The van der Waals surface area contributed by atoms with E-state index in [1.807, 2.05) is 12.1 Å². The number of benzene rings is 2. The van der Waals surface area contributed by atoms with Crippen LogP contribution in [0.15, 0.2) is 65.8 Å². The van der Waals surface area contributed by atoms with Crippen molar-refractivity contribution in [2.45, 2.75) is 119 Å². The van der Waals surface area contributed by atoms with Gasteiger partial charge in [0.15, 0.2) is 0 Å². The van der Waals surface area contributed by atoms with E-state index in [-0.39, 0.29) is 28.9 Å². The van der Waals surface area contributed by atoms with Gasteiger partial charge in [0.2, 0.25) is 0 Å². The molecule has 2 aromatic carbocycles. The third kappa shape index (κ3) is 12.1. The predicted molar refractivity (Wildman–Crippen MR) is 187 cm³/mol. The van der Waals surface area contributed by atoms with E-state index in [0.29, 0.717) is 11.8 Å². The van der Waals surface area contributed by atoms with Gasteiger partial charge in [0, 0.05) is 17.5 Å². The smallest absolute Gasteiger partial charge is 0.123 e. The summed E-state index contributed by atoms with van der Waals surface area (Å²) in [4.78, 5) is 0. The molecule has 4 N–H and O–H groups in total. The van der Waals surface area contributed by atoms with Crippen LogP contribution in [-0.4, -0.2) is 20.4 Å². The molecule has 3 atom stereocenters. The Morgan fingerprint density at radius 3 is 1.75 bits per heavy atom. The number of aryl methyl sites for hydroxylation is 2. The molecule has 0 heterocycles. The molecule has 244 valence electrons. The molecule has 0 saturated heterocycles.